The second-order valence-corrected chi connectivity index (χ2v) is 6.01. The van der Waals surface area contributed by atoms with Gasteiger partial charge in [-0.3, -0.25) is 9.78 Å². The van der Waals surface area contributed by atoms with Gasteiger partial charge in [-0.1, -0.05) is 19.8 Å². The van der Waals surface area contributed by atoms with Crippen molar-refractivity contribution in [2.75, 3.05) is 0 Å². The number of hydrogen-bond donors (Lipinski definition) is 1. The summed E-state index contributed by atoms with van der Waals surface area (Å²) < 4.78 is 6.14. The Hall–Kier alpha value is -2.44. The van der Waals surface area contributed by atoms with Crippen molar-refractivity contribution in [2.24, 2.45) is 5.92 Å². The minimum Gasteiger partial charge on any atom is -0.388 e. The number of pyridine rings is 1. The van der Waals surface area contributed by atoms with Crippen LogP contribution in [-0.2, 0) is 11.3 Å². The molecule has 0 radical (unpaired) electrons. The van der Waals surface area contributed by atoms with Crippen LogP contribution in [0.1, 0.15) is 32.6 Å². The lowest BCUT2D eigenvalue weighted by atomic mass is 9.86. The molecule has 2 aromatic heterocycles. The smallest absolute Gasteiger partial charge is 0.388 e. The molecule has 7 heteroatoms. The molecule has 1 amide bonds. The first kappa shape index (κ1) is 15.5. The summed E-state index contributed by atoms with van der Waals surface area (Å²) in [5, 5.41) is 7.07. The Labute approximate surface area is 133 Å². The maximum absolute atomic E-state index is 12.2. The number of hydrogen-bond acceptors (Lipinski definition) is 5. The van der Waals surface area contributed by atoms with Crippen molar-refractivity contribution < 1.29 is 9.21 Å². The highest BCUT2D eigenvalue weighted by atomic mass is 16.4. The van der Waals surface area contributed by atoms with E-state index in [0.29, 0.717) is 11.5 Å². The summed E-state index contributed by atoms with van der Waals surface area (Å²) in [6.07, 6.45) is 7.63. The van der Waals surface area contributed by atoms with E-state index in [2.05, 4.69) is 22.3 Å². The van der Waals surface area contributed by atoms with Crippen molar-refractivity contribution in [2.45, 2.75) is 45.2 Å². The molecular weight excluding hydrogens is 296 g/mol. The molecule has 0 saturated heterocycles. The third-order valence-corrected chi connectivity index (χ3v) is 4.27. The second-order valence-electron chi connectivity index (χ2n) is 6.01. The highest BCUT2D eigenvalue weighted by Crippen LogP contribution is 2.23. The van der Waals surface area contributed by atoms with E-state index in [-0.39, 0.29) is 24.4 Å². The molecule has 1 aliphatic carbocycles. The molecule has 1 aliphatic rings. The van der Waals surface area contributed by atoms with Gasteiger partial charge < -0.3 is 9.73 Å². The van der Waals surface area contributed by atoms with E-state index < -0.39 is 5.76 Å². The Morgan fingerprint density at radius 3 is 3.00 bits per heavy atom. The Kier molecular flexibility index (Phi) is 4.55. The molecule has 0 unspecified atom stereocenters. The molecule has 23 heavy (non-hydrogen) atoms. The number of carbonyl (C=O) groups is 1. The summed E-state index contributed by atoms with van der Waals surface area (Å²) in [6, 6.07) is 3.65. The molecule has 2 aromatic rings. The summed E-state index contributed by atoms with van der Waals surface area (Å²) in [6.45, 7) is 2.01. The van der Waals surface area contributed by atoms with E-state index in [4.69, 9.17) is 4.42 Å². The topological polar surface area (TPSA) is 90.0 Å². The lowest BCUT2D eigenvalue weighted by Crippen LogP contribution is -2.43. The van der Waals surface area contributed by atoms with Crippen LogP contribution in [0.5, 0.6) is 0 Å². The predicted molar refractivity (Wildman–Crippen MR) is 83.6 cm³/mol. The molecule has 122 valence electrons. The summed E-state index contributed by atoms with van der Waals surface area (Å²) in [5.41, 5.74) is 0.602. The first-order chi connectivity index (χ1) is 11.1. The third-order valence-electron chi connectivity index (χ3n) is 4.27. The molecule has 1 fully saturated rings. The molecule has 2 atom stereocenters. The van der Waals surface area contributed by atoms with Crippen molar-refractivity contribution in [1.82, 2.24) is 20.1 Å². The Morgan fingerprint density at radius 2 is 2.26 bits per heavy atom. The van der Waals surface area contributed by atoms with Crippen molar-refractivity contribution >= 4 is 5.91 Å². The fourth-order valence-electron chi connectivity index (χ4n) is 2.93. The van der Waals surface area contributed by atoms with Gasteiger partial charge in [-0.15, -0.1) is 5.10 Å². The molecule has 3 rings (SSSR count). The number of amides is 1. The molecule has 0 spiro atoms. The van der Waals surface area contributed by atoms with Gasteiger partial charge in [-0.05, 0) is 30.9 Å². The SMILES string of the molecule is C[C@@H]1CCCC[C@H]1NC(=O)Cn1nc(-c2cccnc2)oc1=O. The number of carbonyl (C=O) groups excluding carboxylic acids is 1. The quantitative estimate of drug-likeness (QED) is 0.925. The van der Waals surface area contributed by atoms with Gasteiger partial charge in [-0.2, -0.15) is 4.68 Å². The van der Waals surface area contributed by atoms with E-state index in [1.807, 2.05) is 0 Å². The fraction of sp³-hybridized carbons (Fsp3) is 0.500. The summed E-state index contributed by atoms with van der Waals surface area (Å²) in [7, 11) is 0. The number of nitrogens with zero attached hydrogens (tertiary/aromatic N) is 3. The minimum atomic E-state index is -0.643. The number of nitrogens with one attached hydrogen (secondary N) is 1. The van der Waals surface area contributed by atoms with Crippen molar-refractivity contribution in [3.05, 3.63) is 35.1 Å². The molecule has 0 aliphatic heterocycles. The van der Waals surface area contributed by atoms with Crippen LogP contribution in [0.15, 0.2) is 33.7 Å². The van der Waals surface area contributed by atoms with Gasteiger partial charge in [0.25, 0.3) is 5.89 Å². The van der Waals surface area contributed by atoms with Gasteiger partial charge in [0.05, 0.1) is 5.56 Å². The first-order valence-corrected chi connectivity index (χ1v) is 7.91. The normalized spacial score (nSPS) is 21.1. The van der Waals surface area contributed by atoms with Crippen LogP contribution in [0.4, 0.5) is 0 Å². The minimum absolute atomic E-state index is 0.133. The lowest BCUT2D eigenvalue weighted by molar-refractivity contribution is -0.123. The van der Waals surface area contributed by atoms with Crippen LogP contribution in [0.2, 0.25) is 0 Å². The number of aromatic nitrogens is 3. The van der Waals surface area contributed by atoms with Crippen molar-refractivity contribution in [3.63, 3.8) is 0 Å². The molecule has 0 bridgehead atoms. The van der Waals surface area contributed by atoms with E-state index in [1.165, 1.54) is 6.42 Å². The fourth-order valence-corrected chi connectivity index (χ4v) is 2.93. The highest BCUT2D eigenvalue weighted by Gasteiger charge is 2.23. The summed E-state index contributed by atoms with van der Waals surface area (Å²) >= 11 is 0. The van der Waals surface area contributed by atoms with Gasteiger partial charge in [0, 0.05) is 18.4 Å². The zero-order valence-electron chi connectivity index (χ0n) is 13.1. The van der Waals surface area contributed by atoms with Crippen LogP contribution in [0.25, 0.3) is 11.5 Å². The van der Waals surface area contributed by atoms with Crippen molar-refractivity contribution in [3.8, 4) is 11.5 Å². The summed E-state index contributed by atoms with van der Waals surface area (Å²) in [5.74, 6) is -0.220. The molecule has 1 saturated carbocycles. The van der Waals surface area contributed by atoms with Gasteiger partial charge in [0.15, 0.2) is 0 Å². The lowest BCUT2D eigenvalue weighted by Gasteiger charge is -2.29. The maximum Gasteiger partial charge on any atom is 0.437 e. The molecule has 0 aromatic carbocycles. The van der Waals surface area contributed by atoms with Crippen LogP contribution < -0.4 is 11.1 Å². The molecule has 1 N–H and O–H groups in total. The molecular formula is C16H20N4O3. The Morgan fingerprint density at radius 1 is 1.43 bits per heavy atom. The number of rotatable bonds is 4. The van der Waals surface area contributed by atoms with E-state index in [9.17, 15) is 9.59 Å². The van der Waals surface area contributed by atoms with E-state index >= 15 is 0 Å². The standard InChI is InChI=1S/C16H20N4O3/c1-11-5-2-3-7-13(11)18-14(21)10-20-16(22)23-15(19-20)12-6-4-8-17-9-12/h4,6,8-9,11,13H,2-3,5,7,10H2,1H3,(H,18,21)/t11-,13-/m1/s1. The Balaban J connectivity index is 1.67. The first-order valence-electron chi connectivity index (χ1n) is 7.91. The van der Waals surface area contributed by atoms with E-state index in [1.54, 1.807) is 24.5 Å². The second kappa shape index (κ2) is 6.76. The largest absolute Gasteiger partial charge is 0.437 e. The zero-order valence-corrected chi connectivity index (χ0v) is 13.1. The highest BCUT2D eigenvalue weighted by molar-refractivity contribution is 5.76. The third kappa shape index (κ3) is 3.67. The predicted octanol–water partition coefficient (Wildman–Crippen LogP) is 1.59. The van der Waals surface area contributed by atoms with Gasteiger partial charge >= 0.3 is 5.76 Å². The Bertz CT molecular complexity index is 722. The van der Waals surface area contributed by atoms with E-state index in [0.717, 1.165) is 23.9 Å². The average Bonchev–Trinajstić information content (AvgIpc) is 2.91. The summed E-state index contributed by atoms with van der Waals surface area (Å²) in [4.78, 5) is 28.0. The van der Waals surface area contributed by atoms with Crippen LogP contribution in [-0.4, -0.2) is 26.7 Å². The van der Waals surface area contributed by atoms with Crippen molar-refractivity contribution in [1.29, 1.82) is 0 Å². The van der Waals surface area contributed by atoms with Crippen LogP contribution in [0.3, 0.4) is 0 Å². The van der Waals surface area contributed by atoms with Crippen LogP contribution in [0, 0.1) is 5.92 Å². The van der Waals surface area contributed by atoms with Gasteiger partial charge in [-0.25, -0.2) is 4.79 Å². The van der Waals surface area contributed by atoms with Crippen LogP contribution >= 0.6 is 0 Å². The zero-order chi connectivity index (χ0) is 16.2. The van der Waals surface area contributed by atoms with Gasteiger partial charge in [0.1, 0.15) is 6.54 Å². The molecule has 2 heterocycles. The monoisotopic (exact) mass is 316 g/mol. The average molecular weight is 316 g/mol. The maximum atomic E-state index is 12.2. The molecule has 7 nitrogen and oxygen atoms in total. The van der Waals surface area contributed by atoms with Gasteiger partial charge in [0.2, 0.25) is 5.91 Å².